The maximum absolute atomic E-state index is 13.2. The van der Waals surface area contributed by atoms with Gasteiger partial charge >= 0.3 is 0 Å². The van der Waals surface area contributed by atoms with E-state index in [9.17, 15) is 4.79 Å². The molecule has 0 radical (unpaired) electrons. The second-order valence-electron chi connectivity index (χ2n) is 7.88. The van der Waals surface area contributed by atoms with Crippen molar-refractivity contribution in [2.75, 3.05) is 13.9 Å². The molecule has 3 aromatic heterocycles. The molecule has 0 unspecified atom stereocenters. The molecule has 6 rings (SSSR count). The van der Waals surface area contributed by atoms with Crippen molar-refractivity contribution in [2.45, 2.75) is 13.5 Å². The minimum atomic E-state index is -0.178. The summed E-state index contributed by atoms with van der Waals surface area (Å²) in [6.45, 7) is 2.31. The molecule has 0 spiro atoms. The van der Waals surface area contributed by atoms with Crippen LogP contribution < -0.4 is 19.8 Å². The molecule has 5 aromatic rings. The van der Waals surface area contributed by atoms with Crippen LogP contribution in [-0.2, 0) is 6.54 Å². The Labute approximate surface area is 193 Å². The summed E-state index contributed by atoms with van der Waals surface area (Å²) < 4.78 is 25.3. The zero-order chi connectivity index (χ0) is 23.2. The smallest absolute Gasteiger partial charge is 0.276 e. The molecule has 1 aliphatic rings. The summed E-state index contributed by atoms with van der Waals surface area (Å²) in [6, 6.07) is 14.9. The highest BCUT2D eigenvalue weighted by atomic mass is 16.7. The summed E-state index contributed by atoms with van der Waals surface area (Å²) >= 11 is 0. The molecule has 0 bridgehead atoms. The third-order valence-corrected chi connectivity index (χ3v) is 5.82. The van der Waals surface area contributed by atoms with E-state index in [0.717, 1.165) is 11.1 Å². The Bertz CT molecular complexity index is 1600. The normalized spacial score (nSPS) is 12.4. The third kappa shape index (κ3) is 3.29. The quantitative estimate of drug-likeness (QED) is 0.396. The van der Waals surface area contributed by atoms with E-state index in [-0.39, 0.29) is 18.9 Å². The second kappa shape index (κ2) is 7.80. The summed E-state index contributed by atoms with van der Waals surface area (Å²) in [6.07, 6.45) is 3.45. The Morgan fingerprint density at radius 3 is 2.79 bits per heavy atom. The van der Waals surface area contributed by atoms with Crippen LogP contribution in [0.5, 0.6) is 17.2 Å². The number of para-hydroxylation sites is 1. The molecule has 0 amide bonds. The molecule has 4 heterocycles. The van der Waals surface area contributed by atoms with Gasteiger partial charge in [-0.3, -0.25) is 4.79 Å². The van der Waals surface area contributed by atoms with Gasteiger partial charge in [0.1, 0.15) is 22.7 Å². The average molecular weight is 456 g/mol. The van der Waals surface area contributed by atoms with Crippen LogP contribution in [0.25, 0.3) is 28.2 Å². The molecule has 2 aromatic carbocycles. The van der Waals surface area contributed by atoms with E-state index < -0.39 is 0 Å². The fourth-order valence-electron chi connectivity index (χ4n) is 4.02. The van der Waals surface area contributed by atoms with Crippen LogP contribution in [0.4, 0.5) is 0 Å². The first-order valence-corrected chi connectivity index (χ1v) is 10.7. The van der Waals surface area contributed by atoms with Gasteiger partial charge < -0.3 is 23.2 Å². The van der Waals surface area contributed by atoms with Gasteiger partial charge in [0.25, 0.3) is 5.56 Å². The molecular formula is C25H20N4O5. The summed E-state index contributed by atoms with van der Waals surface area (Å²) in [4.78, 5) is 17.9. The maximum atomic E-state index is 13.2. The average Bonchev–Trinajstić information content (AvgIpc) is 3.59. The minimum absolute atomic E-state index is 0.178. The number of oxazole rings is 1. The number of benzene rings is 2. The van der Waals surface area contributed by atoms with Gasteiger partial charge in [-0.15, -0.1) is 0 Å². The zero-order valence-corrected chi connectivity index (χ0v) is 18.5. The number of ether oxygens (including phenoxy) is 3. The number of rotatable bonds is 5. The molecule has 170 valence electrons. The van der Waals surface area contributed by atoms with Crippen molar-refractivity contribution in [3.8, 4) is 40.0 Å². The molecule has 34 heavy (non-hydrogen) atoms. The standard InChI is InChI=1S/C25H20N4O5/c1-15-19(26-24(34-15)17-5-3-4-6-21(17)31-2)13-28-9-10-29-20(25(28)30)12-18(27-29)16-7-8-22-23(11-16)33-14-32-22/h3-12H,13-14H2,1-2H3. The minimum Gasteiger partial charge on any atom is -0.496 e. The predicted octanol–water partition coefficient (Wildman–Crippen LogP) is 3.91. The predicted molar refractivity (Wildman–Crippen MR) is 123 cm³/mol. The van der Waals surface area contributed by atoms with Crippen LogP contribution in [0.3, 0.4) is 0 Å². The Kier molecular flexibility index (Phi) is 4.61. The van der Waals surface area contributed by atoms with Gasteiger partial charge in [0.15, 0.2) is 11.5 Å². The first-order chi connectivity index (χ1) is 16.6. The molecule has 0 aliphatic carbocycles. The van der Waals surface area contributed by atoms with Gasteiger partial charge in [-0.05, 0) is 43.3 Å². The van der Waals surface area contributed by atoms with Crippen molar-refractivity contribution in [3.63, 3.8) is 0 Å². The number of fused-ring (bicyclic) bond motifs is 2. The number of aryl methyl sites for hydroxylation is 1. The summed E-state index contributed by atoms with van der Waals surface area (Å²) in [5.74, 6) is 3.13. The molecule has 1 aliphatic heterocycles. The topological polar surface area (TPSA) is 93.0 Å². The SMILES string of the molecule is COc1ccccc1-c1nc(Cn2ccn3nc(-c4ccc5c(c4)OCO5)cc3c2=O)c(C)o1. The lowest BCUT2D eigenvalue weighted by Gasteiger charge is -2.04. The lowest BCUT2D eigenvalue weighted by atomic mass is 10.1. The molecule has 0 saturated heterocycles. The van der Waals surface area contributed by atoms with Crippen molar-refractivity contribution in [3.05, 3.63) is 82.7 Å². The van der Waals surface area contributed by atoms with E-state index in [1.807, 2.05) is 49.4 Å². The Morgan fingerprint density at radius 2 is 1.91 bits per heavy atom. The first kappa shape index (κ1) is 20.1. The number of methoxy groups -OCH3 is 1. The molecule has 9 heteroatoms. The number of nitrogens with zero attached hydrogens (tertiary/aromatic N) is 4. The van der Waals surface area contributed by atoms with Gasteiger partial charge in [0.05, 0.1) is 24.9 Å². The van der Waals surface area contributed by atoms with E-state index in [1.54, 1.807) is 34.7 Å². The van der Waals surface area contributed by atoms with Crippen LogP contribution in [0.15, 0.2) is 70.1 Å². The largest absolute Gasteiger partial charge is 0.496 e. The summed E-state index contributed by atoms with van der Waals surface area (Å²) in [5, 5.41) is 4.56. The monoisotopic (exact) mass is 456 g/mol. The molecule has 0 saturated carbocycles. The number of hydrogen-bond acceptors (Lipinski definition) is 7. The van der Waals surface area contributed by atoms with Gasteiger partial charge in [-0.25, -0.2) is 9.50 Å². The lowest BCUT2D eigenvalue weighted by Crippen LogP contribution is -2.22. The number of aromatic nitrogens is 4. The van der Waals surface area contributed by atoms with Gasteiger partial charge in [0.2, 0.25) is 12.7 Å². The fraction of sp³-hybridized carbons (Fsp3) is 0.160. The lowest BCUT2D eigenvalue weighted by molar-refractivity contribution is 0.174. The molecule has 0 N–H and O–H groups in total. The number of hydrogen-bond donors (Lipinski definition) is 0. The van der Waals surface area contributed by atoms with Gasteiger partial charge in [0, 0.05) is 18.0 Å². The summed E-state index contributed by atoms with van der Waals surface area (Å²) in [7, 11) is 1.60. The Balaban J connectivity index is 1.34. The third-order valence-electron chi connectivity index (χ3n) is 5.82. The summed E-state index contributed by atoms with van der Waals surface area (Å²) in [5.41, 5.74) is 3.22. The molecular weight excluding hydrogens is 436 g/mol. The van der Waals surface area contributed by atoms with Crippen LogP contribution in [0.1, 0.15) is 11.5 Å². The fourth-order valence-corrected chi connectivity index (χ4v) is 4.02. The van der Waals surface area contributed by atoms with E-state index in [0.29, 0.717) is 45.8 Å². The van der Waals surface area contributed by atoms with Crippen LogP contribution >= 0.6 is 0 Å². The van der Waals surface area contributed by atoms with Crippen LogP contribution in [0.2, 0.25) is 0 Å². The van der Waals surface area contributed by atoms with Crippen molar-refractivity contribution in [1.82, 2.24) is 19.2 Å². The van der Waals surface area contributed by atoms with Crippen molar-refractivity contribution >= 4 is 5.52 Å². The first-order valence-electron chi connectivity index (χ1n) is 10.7. The van der Waals surface area contributed by atoms with E-state index >= 15 is 0 Å². The van der Waals surface area contributed by atoms with Crippen molar-refractivity contribution in [1.29, 1.82) is 0 Å². The zero-order valence-electron chi connectivity index (χ0n) is 18.5. The Morgan fingerprint density at radius 1 is 1.06 bits per heavy atom. The van der Waals surface area contributed by atoms with Gasteiger partial charge in [-0.1, -0.05) is 12.1 Å². The maximum Gasteiger partial charge on any atom is 0.276 e. The Hall–Kier alpha value is -4.53. The highest BCUT2D eigenvalue weighted by molar-refractivity contribution is 5.68. The highest BCUT2D eigenvalue weighted by Crippen LogP contribution is 2.35. The second-order valence-corrected chi connectivity index (χ2v) is 7.88. The molecule has 0 fully saturated rings. The highest BCUT2D eigenvalue weighted by Gasteiger charge is 2.18. The van der Waals surface area contributed by atoms with E-state index in [1.165, 1.54) is 0 Å². The van der Waals surface area contributed by atoms with E-state index in [4.69, 9.17) is 18.6 Å². The van der Waals surface area contributed by atoms with Crippen molar-refractivity contribution in [2.24, 2.45) is 0 Å². The molecule has 0 atom stereocenters. The van der Waals surface area contributed by atoms with E-state index in [2.05, 4.69) is 10.1 Å². The molecule has 9 nitrogen and oxygen atoms in total. The van der Waals surface area contributed by atoms with Gasteiger partial charge in [-0.2, -0.15) is 5.10 Å². The van der Waals surface area contributed by atoms with Crippen LogP contribution in [-0.4, -0.2) is 33.1 Å². The van der Waals surface area contributed by atoms with Crippen molar-refractivity contribution < 1.29 is 18.6 Å². The van der Waals surface area contributed by atoms with Crippen LogP contribution in [0, 0.1) is 6.92 Å².